The second-order valence-electron chi connectivity index (χ2n) is 3.25. The van der Waals surface area contributed by atoms with Gasteiger partial charge in [0.2, 0.25) is 0 Å². The largest absolute Gasteiger partial charge is 2.00 e. The van der Waals surface area contributed by atoms with E-state index in [4.69, 9.17) is 0 Å². The molecule has 4 heteroatoms. The standard InChI is InChI=1S/C6H8P.C6H7.2ClH.Ti/c1-5-3-6(2)7-4-5;1-6-4-2-3-5-6;;;/h3-4H,1-2H3;2,4H,3H2,1H3;2*1H;/q2*-1;;;+2. The van der Waals surface area contributed by atoms with Crippen LogP contribution in [0.5, 0.6) is 0 Å². The SMILES string of the molecule is CC1=[C-]CC=C1.Cc1cp[c-](C)c1.Cl.Cl.[Ti+2]. The molecule has 16 heavy (non-hydrogen) atoms. The third-order valence-electron chi connectivity index (χ3n) is 1.77. The Morgan fingerprint density at radius 3 is 2.06 bits per heavy atom. The van der Waals surface area contributed by atoms with Crippen molar-refractivity contribution in [3.63, 3.8) is 0 Å². The second kappa shape index (κ2) is 12.0. The quantitative estimate of drug-likeness (QED) is 0.460. The molecule has 1 aromatic rings. The Balaban J connectivity index is -0.000000179. The minimum atomic E-state index is 0. The smallest absolute Gasteiger partial charge is 0.270 e. The Morgan fingerprint density at radius 2 is 1.94 bits per heavy atom. The van der Waals surface area contributed by atoms with Gasteiger partial charge < -0.3 is 0 Å². The first-order chi connectivity index (χ1) is 6.18. The maximum atomic E-state index is 3.12. The zero-order valence-corrected chi connectivity index (χ0v) is 13.9. The molecule has 0 unspecified atom stereocenters. The number of hydrogen-bond acceptors (Lipinski definition) is 0. The molecule has 88 valence electrons. The van der Waals surface area contributed by atoms with Gasteiger partial charge in [-0.2, -0.15) is 23.5 Å². The van der Waals surface area contributed by atoms with Crippen molar-refractivity contribution < 1.29 is 21.7 Å². The second-order valence-corrected chi connectivity index (χ2v) is 4.48. The summed E-state index contributed by atoms with van der Waals surface area (Å²) in [5.41, 5.74) is 2.68. The minimum Gasteiger partial charge on any atom is -0.270 e. The Morgan fingerprint density at radius 1 is 1.31 bits per heavy atom. The Bertz CT molecular complexity index is 310. The molecule has 0 fully saturated rings. The van der Waals surface area contributed by atoms with Crippen molar-refractivity contribution in [2.24, 2.45) is 0 Å². The van der Waals surface area contributed by atoms with Crippen LogP contribution < -0.4 is 0 Å². The number of hydrogen-bond donors (Lipinski definition) is 0. The number of halogens is 2. The molecule has 0 N–H and O–H groups in total. The van der Waals surface area contributed by atoms with Crippen molar-refractivity contribution in [3.8, 4) is 0 Å². The van der Waals surface area contributed by atoms with E-state index in [-0.39, 0.29) is 46.5 Å². The summed E-state index contributed by atoms with van der Waals surface area (Å²) in [4.78, 5) is 0. The summed E-state index contributed by atoms with van der Waals surface area (Å²) < 4.78 is 0. The van der Waals surface area contributed by atoms with Crippen LogP contribution in [0, 0.1) is 19.9 Å². The predicted molar refractivity (Wildman–Crippen MR) is 74.7 cm³/mol. The summed E-state index contributed by atoms with van der Waals surface area (Å²) in [7, 11) is 1.38. The predicted octanol–water partition coefficient (Wildman–Crippen LogP) is 5.14. The zero-order chi connectivity index (χ0) is 9.68. The molecule has 0 amide bonds. The van der Waals surface area contributed by atoms with E-state index in [0.717, 1.165) is 6.42 Å². The van der Waals surface area contributed by atoms with E-state index in [2.05, 4.69) is 50.9 Å². The van der Waals surface area contributed by atoms with Gasteiger partial charge in [-0.25, -0.2) is 19.8 Å². The number of rotatable bonds is 0. The topological polar surface area (TPSA) is 0 Å². The first kappa shape index (κ1) is 21.8. The molecule has 0 spiro atoms. The van der Waals surface area contributed by atoms with Crippen LogP contribution >= 0.6 is 33.0 Å². The third-order valence-corrected chi connectivity index (χ3v) is 2.85. The fraction of sp³-hybridized carbons (Fsp3) is 0.333. The fourth-order valence-corrected chi connectivity index (χ4v) is 1.88. The van der Waals surface area contributed by atoms with Gasteiger partial charge in [-0.3, -0.25) is 6.08 Å². The third kappa shape index (κ3) is 9.76. The van der Waals surface area contributed by atoms with E-state index in [9.17, 15) is 0 Å². The molecule has 0 aromatic carbocycles. The van der Waals surface area contributed by atoms with Crippen LogP contribution in [0.15, 0.2) is 29.6 Å². The Labute approximate surface area is 128 Å². The van der Waals surface area contributed by atoms with Gasteiger partial charge in [-0.15, -0.1) is 36.5 Å². The number of allylic oxidation sites excluding steroid dienone is 4. The van der Waals surface area contributed by atoms with Crippen LogP contribution in [0.3, 0.4) is 0 Å². The van der Waals surface area contributed by atoms with Crippen molar-refractivity contribution in [2.75, 3.05) is 0 Å². The molecular weight excluding hydrogens is 294 g/mol. The van der Waals surface area contributed by atoms with E-state index in [1.807, 2.05) is 0 Å². The maximum absolute atomic E-state index is 3.12. The van der Waals surface area contributed by atoms with Gasteiger partial charge in [0.05, 0.1) is 0 Å². The van der Waals surface area contributed by atoms with Gasteiger partial charge in [-0.05, 0) is 0 Å². The average molecular weight is 311 g/mol. The zero-order valence-electron chi connectivity index (χ0n) is 9.78. The van der Waals surface area contributed by atoms with Gasteiger partial charge in [0.15, 0.2) is 0 Å². The van der Waals surface area contributed by atoms with E-state index in [1.54, 1.807) is 0 Å². The molecular formula is C12H17Cl2PTi. The van der Waals surface area contributed by atoms with Gasteiger partial charge >= 0.3 is 21.7 Å². The average Bonchev–Trinajstić information content (AvgIpc) is 2.64. The van der Waals surface area contributed by atoms with Crippen molar-refractivity contribution in [3.05, 3.63) is 46.5 Å². The molecule has 2 rings (SSSR count). The molecule has 0 bridgehead atoms. The molecule has 1 heterocycles. The van der Waals surface area contributed by atoms with Crippen molar-refractivity contribution in [1.29, 1.82) is 0 Å². The van der Waals surface area contributed by atoms with Crippen LogP contribution in [0.2, 0.25) is 0 Å². The molecule has 0 saturated heterocycles. The molecule has 1 aromatic heterocycles. The minimum absolute atomic E-state index is 0. The number of aryl methyl sites for hydroxylation is 2. The molecule has 0 nitrogen and oxygen atoms in total. The van der Waals surface area contributed by atoms with Gasteiger partial charge in [-0.1, -0.05) is 20.8 Å². The van der Waals surface area contributed by atoms with Crippen molar-refractivity contribution >= 4 is 33.0 Å². The fourth-order valence-electron chi connectivity index (χ4n) is 1.12. The normalized spacial score (nSPS) is 11.6. The van der Waals surface area contributed by atoms with E-state index in [1.165, 1.54) is 24.6 Å². The van der Waals surface area contributed by atoms with Crippen molar-refractivity contribution in [2.45, 2.75) is 27.2 Å². The van der Waals surface area contributed by atoms with Gasteiger partial charge in [0.25, 0.3) is 0 Å². The maximum Gasteiger partial charge on any atom is 2.00 e. The summed E-state index contributed by atoms with van der Waals surface area (Å²) in [6.45, 7) is 6.33. The van der Waals surface area contributed by atoms with Crippen LogP contribution in [-0.2, 0) is 21.7 Å². The van der Waals surface area contributed by atoms with Crippen LogP contribution in [0.25, 0.3) is 0 Å². The van der Waals surface area contributed by atoms with Crippen LogP contribution in [0.1, 0.15) is 24.2 Å². The van der Waals surface area contributed by atoms with Gasteiger partial charge in [0.1, 0.15) is 0 Å². The van der Waals surface area contributed by atoms with E-state index < -0.39 is 0 Å². The van der Waals surface area contributed by atoms with Crippen LogP contribution in [0.4, 0.5) is 0 Å². The molecule has 0 radical (unpaired) electrons. The summed E-state index contributed by atoms with van der Waals surface area (Å²) in [6, 6.07) is 2.21. The van der Waals surface area contributed by atoms with Gasteiger partial charge in [0, 0.05) is 0 Å². The van der Waals surface area contributed by atoms with E-state index in [0.29, 0.717) is 0 Å². The molecule has 0 atom stereocenters. The first-order valence-corrected chi connectivity index (χ1v) is 5.45. The first-order valence-electron chi connectivity index (χ1n) is 4.48. The Hall–Kier alpha value is 0.554. The summed E-state index contributed by atoms with van der Waals surface area (Å²) in [5, 5.41) is 1.46. The van der Waals surface area contributed by atoms with Crippen LogP contribution in [-0.4, -0.2) is 0 Å². The van der Waals surface area contributed by atoms with Crippen molar-refractivity contribution in [1.82, 2.24) is 0 Å². The molecule has 0 aliphatic heterocycles. The molecule has 1 aliphatic carbocycles. The summed E-state index contributed by atoms with van der Waals surface area (Å²) in [5.74, 6) is 2.22. The molecule has 0 saturated carbocycles. The summed E-state index contributed by atoms with van der Waals surface area (Å²) >= 11 is 0. The van der Waals surface area contributed by atoms with E-state index >= 15 is 0 Å². The Kier molecular flexibility index (Phi) is 16.4. The molecule has 1 aliphatic rings. The monoisotopic (exact) mass is 310 g/mol. The summed E-state index contributed by atoms with van der Waals surface area (Å²) in [6.07, 6.45) is 8.33.